The molecule has 1 fully saturated rings. The van der Waals surface area contributed by atoms with Crippen LogP contribution in [0.15, 0.2) is 24.3 Å². The van der Waals surface area contributed by atoms with Crippen molar-refractivity contribution in [2.45, 2.75) is 37.7 Å². The van der Waals surface area contributed by atoms with E-state index in [4.69, 9.17) is 0 Å². The molecular formula is C13H17O2. The normalized spacial score (nSPS) is 27.3. The van der Waals surface area contributed by atoms with Crippen molar-refractivity contribution >= 4 is 0 Å². The lowest BCUT2D eigenvalue weighted by Crippen LogP contribution is -2.04. The van der Waals surface area contributed by atoms with Crippen LogP contribution in [0.2, 0.25) is 0 Å². The average molecular weight is 205 g/mol. The number of benzene rings is 1. The lowest BCUT2D eigenvalue weighted by atomic mass is 9.92. The smallest absolute Gasteiger partial charge is 0.115 e. The van der Waals surface area contributed by atoms with Crippen LogP contribution in [0.1, 0.15) is 37.2 Å². The van der Waals surface area contributed by atoms with E-state index in [-0.39, 0.29) is 6.10 Å². The number of phenolic OH excluding ortho intramolecular Hbond substituents is 1. The molecule has 1 aliphatic rings. The highest BCUT2D eigenvalue weighted by molar-refractivity contribution is 5.29. The first-order valence-corrected chi connectivity index (χ1v) is 5.56. The largest absolute Gasteiger partial charge is 0.508 e. The van der Waals surface area contributed by atoms with Gasteiger partial charge in [0.25, 0.3) is 0 Å². The first-order chi connectivity index (χ1) is 7.25. The molecule has 1 saturated carbocycles. The van der Waals surface area contributed by atoms with Crippen molar-refractivity contribution in [2.24, 2.45) is 0 Å². The topological polar surface area (TPSA) is 40.5 Å². The van der Waals surface area contributed by atoms with E-state index in [1.54, 1.807) is 12.1 Å². The number of hydrogen-bond acceptors (Lipinski definition) is 2. The summed E-state index contributed by atoms with van der Waals surface area (Å²) in [6.45, 7) is 0. The molecule has 0 amide bonds. The first-order valence-electron chi connectivity index (χ1n) is 5.56. The van der Waals surface area contributed by atoms with Gasteiger partial charge in [-0.2, -0.15) is 0 Å². The fourth-order valence-electron chi connectivity index (χ4n) is 2.15. The van der Waals surface area contributed by atoms with Gasteiger partial charge in [0, 0.05) is 0 Å². The van der Waals surface area contributed by atoms with Crippen molar-refractivity contribution in [2.75, 3.05) is 0 Å². The van der Waals surface area contributed by atoms with Crippen molar-refractivity contribution in [3.63, 3.8) is 0 Å². The van der Waals surface area contributed by atoms with Crippen molar-refractivity contribution in [1.82, 2.24) is 0 Å². The molecule has 2 unspecified atom stereocenters. The third kappa shape index (κ3) is 2.72. The lowest BCUT2D eigenvalue weighted by Gasteiger charge is -2.13. The summed E-state index contributed by atoms with van der Waals surface area (Å²) in [6, 6.07) is 7.39. The quantitative estimate of drug-likeness (QED) is 0.692. The van der Waals surface area contributed by atoms with Crippen LogP contribution in [0.3, 0.4) is 0 Å². The molecule has 2 N–H and O–H groups in total. The van der Waals surface area contributed by atoms with Gasteiger partial charge in [-0.15, -0.1) is 0 Å². The maximum Gasteiger partial charge on any atom is 0.115 e. The van der Waals surface area contributed by atoms with Gasteiger partial charge in [0.05, 0.1) is 6.10 Å². The van der Waals surface area contributed by atoms with Gasteiger partial charge in [-0.25, -0.2) is 0 Å². The number of aliphatic hydroxyl groups excluding tert-OH is 1. The van der Waals surface area contributed by atoms with Gasteiger partial charge in [-0.05, 0) is 49.3 Å². The number of aromatic hydroxyl groups is 1. The van der Waals surface area contributed by atoms with Gasteiger partial charge < -0.3 is 10.2 Å². The molecule has 0 saturated heterocycles. The van der Waals surface area contributed by atoms with E-state index < -0.39 is 0 Å². The molecule has 1 aliphatic carbocycles. The van der Waals surface area contributed by atoms with Crippen LogP contribution in [-0.4, -0.2) is 16.3 Å². The first kappa shape index (κ1) is 10.5. The molecule has 2 rings (SSSR count). The summed E-state index contributed by atoms with van der Waals surface area (Å²) in [6.07, 6.45) is 5.90. The van der Waals surface area contributed by atoms with Crippen molar-refractivity contribution < 1.29 is 10.2 Å². The van der Waals surface area contributed by atoms with Crippen LogP contribution in [-0.2, 0) is 0 Å². The molecule has 1 radical (unpaired) electrons. The summed E-state index contributed by atoms with van der Waals surface area (Å²) >= 11 is 0. The SMILES string of the molecule is Oc1ccc(C2[CH]CC(O)CCC2)cc1. The van der Waals surface area contributed by atoms with Gasteiger partial charge in [0.1, 0.15) is 5.75 Å². The molecule has 0 bridgehead atoms. The maximum absolute atomic E-state index is 9.53. The zero-order valence-electron chi connectivity index (χ0n) is 8.76. The predicted octanol–water partition coefficient (Wildman–Crippen LogP) is 2.61. The van der Waals surface area contributed by atoms with Crippen LogP contribution in [0.4, 0.5) is 0 Å². The van der Waals surface area contributed by atoms with Gasteiger partial charge in [0.2, 0.25) is 0 Å². The summed E-state index contributed by atoms with van der Waals surface area (Å²) < 4.78 is 0. The minimum Gasteiger partial charge on any atom is -0.508 e. The molecule has 0 aromatic heterocycles. The standard InChI is InChI=1S/C13H17O2/c14-12-3-1-2-10(4-7-12)11-5-8-13(15)9-6-11/h4-6,8-10,12,14-15H,1-3,7H2. The molecule has 2 nitrogen and oxygen atoms in total. The Morgan fingerprint density at radius 2 is 1.80 bits per heavy atom. The monoisotopic (exact) mass is 205 g/mol. The summed E-state index contributed by atoms with van der Waals surface area (Å²) in [5, 5.41) is 18.7. The number of phenols is 1. The molecule has 1 aromatic carbocycles. The van der Waals surface area contributed by atoms with E-state index in [2.05, 4.69) is 6.42 Å². The zero-order valence-corrected chi connectivity index (χ0v) is 8.76. The van der Waals surface area contributed by atoms with Crippen LogP contribution in [0.5, 0.6) is 5.75 Å². The van der Waals surface area contributed by atoms with E-state index in [1.165, 1.54) is 5.56 Å². The zero-order chi connectivity index (χ0) is 10.7. The Hall–Kier alpha value is -1.02. The minimum absolute atomic E-state index is 0.160. The molecule has 0 aliphatic heterocycles. The van der Waals surface area contributed by atoms with Gasteiger partial charge >= 0.3 is 0 Å². The Labute approximate surface area is 90.6 Å². The van der Waals surface area contributed by atoms with E-state index in [0.29, 0.717) is 11.7 Å². The molecule has 81 valence electrons. The molecule has 15 heavy (non-hydrogen) atoms. The van der Waals surface area contributed by atoms with Gasteiger partial charge in [0.15, 0.2) is 0 Å². The Kier molecular flexibility index (Phi) is 3.27. The van der Waals surface area contributed by atoms with Crippen LogP contribution < -0.4 is 0 Å². The molecule has 2 heteroatoms. The fourth-order valence-corrected chi connectivity index (χ4v) is 2.15. The second kappa shape index (κ2) is 4.67. The highest BCUT2D eigenvalue weighted by Gasteiger charge is 2.18. The van der Waals surface area contributed by atoms with Crippen molar-refractivity contribution in [1.29, 1.82) is 0 Å². The van der Waals surface area contributed by atoms with E-state index in [1.807, 2.05) is 12.1 Å². The predicted molar refractivity (Wildman–Crippen MR) is 59.6 cm³/mol. The molecule has 2 atom stereocenters. The summed E-state index contributed by atoms with van der Waals surface area (Å²) in [7, 11) is 0. The molecule has 1 aromatic rings. The van der Waals surface area contributed by atoms with E-state index >= 15 is 0 Å². The highest BCUT2D eigenvalue weighted by atomic mass is 16.3. The Morgan fingerprint density at radius 1 is 1.07 bits per heavy atom. The Balaban J connectivity index is 2.06. The van der Waals surface area contributed by atoms with Gasteiger partial charge in [-0.1, -0.05) is 18.6 Å². The highest BCUT2D eigenvalue weighted by Crippen LogP contribution is 2.31. The Morgan fingerprint density at radius 3 is 2.53 bits per heavy atom. The van der Waals surface area contributed by atoms with E-state index in [0.717, 1.165) is 25.7 Å². The summed E-state index contributed by atoms with van der Waals surface area (Å²) in [5.41, 5.74) is 1.24. The number of aliphatic hydroxyl groups is 1. The van der Waals surface area contributed by atoms with Crippen LogP contribution in [0.25, 0.3) is 0 Å². The van der Waals surface area contributed by atoms with Crippen LogP contribution >= 0.6 is 0 Å². The molecular weight excluding hydrogens is 188 g/mol. The summed E-state index contributed by atoms with van der Waals surface area (Å²) in [5.74, 6) is 0.746. The second-order valence-electron chi connectivity index (χ2n) is 4.25. The average Bonchev–Trinajstić information content (AvgIpc) is 2.44. The number of rotatable bonds is 1. The number of hydrogen-bond donors (Lipinski definition) is 2. The lowest BCUT2D eigenvalue weighted by molar-refractivity contribution is 0.166. The second-order valence-corrected chi connectivity index (χ2v) is 4.25. The van der Waals surface area contributed by atoms with Crippen molar-refractivity contribution in [3.05, 3.63) is 36.2 Å². The van der Waals surface area contributed by atoms with Crippen LogP contribution in [0, 0.1) is 6.42 Å². The minimum atomic E-state index is -0.160. The fraction of sp³-hybridized carbons (Fsp3) is 0.462. The third-order valence-corrected chi connectivity index (χ3v) is 3.07. The Bertz CT molecular complexity index is 305. The summed E-state index contributed by atoms with van der Waals surface area (Å²) in [4.78, 5) is 0. The molecule has 0 heterocycles. The third-order valence-electron chi connectivity index (χ3n) is 3.07. The van der Waals surface area contributed by atoms with Gasteiger partial charge in [-0.3, -0.25) is 0 Å². The van der Waals surface area contributed by atoms with E-state index in [9.17, 15) is 10.2 Å². The maximum atomic E-state index is 9.53. The van der Waals surface area contributed by atoms with Crippen molar-refractivity contribution in [3.8, 4) is 5.75 Å². The molecule has 0 spiro atoms.